The Balaban J connectivity index is 1.31. The maximum atomic E-state index is 12.8. The van der Waals surface area contributed by atoms with Gasteiger partial charge < -0.3 is 14.7 Å². The summed E-state index contributed by atoms with van der Waals surface area (Å²) in [6.45, 7) is 3.90. The van der Waals surface area contributed by atoms with Gasteiger partial charge in [0.05, 0.1) is 11.7 Å². The molecule has 7 heteroatoms. The second kappa shape index (κ2) is 9.27. The number of benzene rings is 1. The highest BCUT2D eigenvalue weighted by Gasteiger charge is 2.23. The lowest BCUT2D eigenvalue weighted by Crippen LogP contribution is -2.31. The van der Waals surface area contributed by atoms with Crippen LogP contribution in [0.4, 0.5) is 5.82 Å². The summed E-state index contributed by atoms with van der Waals surface area (Å²) in [5, 5.41) is 8.26. The standard InChI is InChI=1S/C25H31N5O2/c1-17-23-24(30-15-6-2-3-7-16-30)27-21(28-25(23)32-29-17)13-14-22(31)26-20-12-8-10-18-9-4-5-11-19(18)20/h4-5,9,11,20H,2-3,6-8,10,12-16H2,1H3,(H,26,31). The van der Waals surface area contributed by atoms with Gasteiger partial charge in [0.2, 0.25) is 5.91 Å². The van der Waals surface area contributed by atoms with Gasteiger partial charge in [-0.1, -0.05) is 42.3 Å². The quantitative estimate of drug-likeness (QED) is 0.641. The zero-order chi connectivity index (χ0) is 21.9. The minimum atomic E-state index is 0.0421. The third-order valence-corrected chi connectivity index (χ3v) is 6.72. The molecule has 1 N–H and O–H groups in total. The lowest BCUT2D eigenvalue weighted by Gasteiger charge is -2.26. The average molecular weight is 434 g/mol. The van der Waals surface area contributed by atoms with E-state index in [-0.39, 0.29) is 11.9 Å². The van der Waals surface area contributed by atoms with E-state index < -0.39 is 0 Å². The first-order valence-electron chi connectivity index (χ1n) is 11.9. The summed E-state index contributed by atoms with van der Waals surface area (Å²) in [6.07, 6.45) is 8.86. The highest BCUT2D eigenvalue weighted by molar-refractivity contribution is 5.88. The van der Waals surface area contributed by atoms with Gasteiger partial charge in [0.15, 0.2) is 0 Å². The molecule has 2 aliphatic rings. The second-order valence-electron chi connectivity index (χ2n) is 9.02. The van der Waals surface area contributed by atoms with E-state index in [1.165, 1.54) is 24.0 Å². The van der Waals surface area contributed by atoms with Crippen LogP contribution in [-0.4, -0.2) is 34.1 Å². The van der Waals surface area contributed by atoms with Crippen molar-refractivity contribution in [3.63, 3.8) is 0 Å². The number of nitrogens with zero attached hydrogens (tertiary/aromatic N) is 4. The number of aryl methyl sites for hydroxylation is 3. The van der Waals surface area contributed by atoms with Gasteiger partial charge >= 0.3 is 0 Å². The fourth-order valence-electron chi connectivity index (χ4n) is 5.03. The number of nitrogens with one attached hydrogen (secondary N) is 1. The van der Waals surface area contributed by atoms with Crippen molar-refractivity contribution >= 4 is 22.8 Å². The highest BCUT2D eigenvalue weighted by atomic mass is 16.5. The summed E-state index contributed by atoms with van der Waals surface area (Å²) < 4.78 is 5.49. The summed E-state index contributed by atoms with van der Waals surface area (Å²) in [7, 11) is 0. The molecule has 168 valence electrons. The molecule has 2 aromatic heterocycles. The number of fused-ring (bicyclic) bond motifs is 2. The van der Waals surface area contributed by atoms with Crippen molar-refractivity contribution in [2.45, 2.75) is 70.8 Å². The SMILES string of the molecule is Cc1noc2nc(CCC(=O)NC3CCCc4ccccc43)nc(N3CCCCCC3)c12. The Kier molecular flexibility index (Phi) is 6.06. The highest BCUT2D eigenvalue weighted by Crippen LogP contribution is 2.30. The largest absolute Gasteiger partial charge is 0.356 e. The van der Waals surface area contributed by atoms with Crippen molar-refractivity contribution in [1.29, 1.82) is 0 Å². The number of rotatable bonds is 5. The normalized spacial score (nSPS) is 18.9. The molecule has 0 spiro atoms. The Bertz CT molecular complexity index is 1100. The van der Waals surface area contributed by atoms with E-state index in [9.17, 15) is 4.79 Å². The van der Waals surface area contributed by atoms with Crippen LogP contribution in [0.1, 0.15) is 73.6 Å². The van der Waals surface area contributed by atoms with Crippen LogP contribution in [0.3, 0.4) is 0 Å². The van der Waals surface area contributed by atoms with Gasteiger partial charge in [-0.2, -0.15) is 4.98 Å². The van der Waals surface area contributed by atoms with Crippen LogP contribution in [-0.2, 0) is 17.6 Å². The molecule has 1 fully saturated rings. The molecule has 1 saturated heterocycles. The van der Waals surface area contributed by atoms with Gasteiger partial charge in [-0.3, -0.25) is 4.79 Å². The maximum absolute atomic E-state index is 12.8. The smallest absolute Gasteiger partial charge is 0.263 e. The van der Waals surface area contributed by atoms with Crippen molar-refractivity contribution in [2.75, 3.05) is 18.0 Å². The number of aromatic nitrogens is 3. The molecular formula is C25H31N5O2. The first kappa shape index (κ1) is 20.9. The number of carbonyl (C=O) groups excluding carboxylic acids is 1. The molecule has 5 rings (SSSR count). The number of anilines is 1. The molecule has 7 nitrogen and oxygen atoms in total. The van der Waals surface area contributed by atoms with Crippen LogP contribution in [0, 0.1) is 6.92 Å². The molecular weight excluding hydrogens is 402 g/mol. The van der Waals surface area contributed by atoms with Crippen LogP contribution < -0.4 is 10.2 Å². The Morgan fingerprint density at radius 3 is 2.78 bits per heavy atom. The lowest BCUT2D eigenvalue weighted by molar-refractivity contribution is -0.121. The van der Waals surface area contributed by atoms with E-state index in [0.717, 1.165) is 62.1 Å². The summed E-state index contributed by atoms with van der Waals surface area (Å²) in [5.41, 5.74) is 3.94. The molecule has 1 amide bonds. The van der Waals surface area contributed by atoms with E-state index in [1.807, 2.05) is 6.92 Å². The lowest BCUT2D eigenvalue weighted by atomic mass is 9.87. The number of amides is 1. The minimum Gasteiger partial charge on any atom is -0.356 e. The molecule has 0 radical (unpaired) electrons. The van der Waals surface area contributed by atoms with Gasteiger partial charge in [0.25, 0.3) is 5.71 Å². The number of carbonyl (C=O) groups is 1. The molecule has 32 heavy (non-hydrogen) atoms. The van der Waals surface area contributed by atoms with Gasteiger partial charge in [-0.15, -0.1) is 0 Å². The van der Waals surface area contributed by atoms with E-state index in [4.69, 9.17) is 9.51 Å². The number of hydrogen-bond donors (Lipinski definition) is 1. The molecule has 1 unspecified atom stereocenters. The van der Waals surface area contributed by atoms with Crippen LogP contribution in [0.5, 0.6) is 0 Å². The first-order chi connectivity index (χ1) is 15.7. The second-order valence-corrected chi connectivity index (χ2v) is 9.02. The molecule has 0 bridgehead atoms. The fourth-order valence-corrected chi connectivity index (χ4v) is 5.03. The van der Waals surface area contributed by atoms with Gasteiger partial charge in [-0.25, -0.2) is 4.98 Å². The maximum Gasteiger partial charge on any atom is 0.263 e. The topological polar surface area (TPSA) is 84.1 Å². The van der Waals surface area contributed by atoms with Gasteiger partial charge in [-0.05, 0) is 50.2 Å². The summed E-state index contributed by atoms with van der Waals surface area (Å²) in [6, 6.07) is 8.52. The molecule has 3 heterocycles. The van der Waals surface area contributed by atoms with Gasteiger partial charge in [0.1, 0.15) is 17.0 Å². The van der Waals surface area contributed by atoms with Crippen LogP contribution >= 0.6 is 0 Å². The third-order valence-electron chi connectivity index (χ3n) is 6.72. The van der Waals surface area contributed by atoms with Crippen molar-refractivity contribution in [3.05, 3.63) is 46.9 Å². The predicted molar refractivity (Wildman–Crippen MR) is 124 cm³/mol. The number of hydrogen-bond acceptors (Lipinski definition) is 6. The Morgan fingerprint density at radius 2 is 1.94 bits per heavy atom. The first-order valence-corrected chi connectivity index (χ1v) is 11.9. The van der Waals surface area contributed by atoms with Crippen LogP contribution in [0.2, 0.25) is 0 Å². The van der Waals surface area contributed by atoms with Crippen LogP contribution in [0.15, 0.2) is 28.8 Å². The minimum absolute atomic E-state index is 0.0421. The Labute approximate surface area is 188 Å². The Hall–Kier alpha value is -2.96. The molecule has 1 aliphatic heterocycles. The zero-order valence-corrected chi connectivity index (χ0v) is 18.8. The molecule has 1 atom stereocenters. The summed E-state index contributed by atoms with van der Waals surface area (Å²) >= 11 is 0. The van der Waals surface area contributed by atoms with Crippen molar-refractivity contribution in [2.24, 2.45) is 0 Å². The van der Waals surface area contributed by atoms with Crippen molar-refractivity contribution in [1.82, 2.24) is 20.4 Å². The third kappa shape index (κ3) is 4.33. The molecule has 1 aromatic carbocycles. The summed E-state index contributed by atoms with van der Waals surface area (Å²) in [4.78, 5) is 24.6. The molecule has 0 saturated carbocycles. The zero-order valence-electron chi connectivity index (χ0n) is 18.8. The van der Waals surface area contributed by atoms with Crippen molar-refractivity contribution < 1.29 is 9.32 Å². The summed E-state index contributed by atoms with van der Waals surface area (Å²) in [5.74, 6) is 1.60. The van der Waals surface area contributed by atoms with Gasteiger partial charge in [0, 0.05) is 25.9 Å². The molecule has 1 aliphatic carbocycles. The molecule has 3 aromatic rings. The Morgan fingerprint density at radius 1 is 1.12 bits per heavy atom. The van der Waals surface area contributed by atoms with E-state index in [2.05, 4.69) is 44.6 Å². The van der Waals surface area contributed by atoms with E-state index in [1.54, 1.807) is 0 Å². The average Bonchev–Trinajstić information content (AvgIpc) is 3.01. The monoisotopic (exact) mass is 433 g/mol. The predicted octanol–water partition coefficient (Wildman–Crippen LogP) is 4.43. The van der Waals surface area contributed by atoms with Crippen molar-refractivity contribution in [3.8, 4) is 0 Å². The fraction of sp³-hybridized carbons (Fsp3) is 0.520. The van der Waals surface area contributed by atoms with E-state index in [0.29, 0.717) is 24.4 Å². The van der Waals surface area contributed by atoms with E-state index >= 15 is 0 Å². The van der Waals surface area contributed by atoms with Crippen LogP contribution in [0.25, 0.3) is 11.1 Å².